The van der Waals surface area contributed by atoms with Gasteiger partial charge in [-0.25, -0.2) is 8.78 Å². The highest BCUT2D eigenvalue weighted by Gasteiger charge is 2.28. The van der Waals surface area contributed by atoms with E-state index >= 15 is 0 Å². The number of carbonyl (C=O) groups is 1. The van der Waals surface area contributed by atoms with Gasteiger partial charge in [0.15, 0.2) is 0 Å². The zero-order valence-electron chi connectivity index (χ0n) is 10.5. The summed E-state index contributed by atoms with van der Waals surface area (Å²) >= 11 is 0. The molecule has 2 N–H and O–H groups in total. The minimum atomic E-state index is -0.654. The van der Waals surface area contributed by atoms with Crippen LogP contribution in [0.2, 0.25) is 0 Å². The molecule has 0 aromatic heterocycles. The number of rotatable bonds is 2. The first-order chi connectivity index (χ1) is 9.65. The van der Waals surface area contributed by atoms with Crippen LogP contribution in [0.3, 0.4) is 0 Å². The molecule has 20 heavy (non-hydrogen) atoms. The Balaban J connectivity index is 1.83. The van der Waals surface area contributed by atoms with Crippen LogP contribution in [0.5, 0.6) is 0 Å². The monoisotopic (exact) mass is 274 g/mol. The summed E-state index contributed by atoms with van der Waals surface area (Å²) in [4.78, 5) is 12.2. The van der Waals surface area contributed by atoms with E-state index in [9.17, 15) is 13.6 Å². The van der Waals surface area contributed by atoms with Crippen LogP contribution in [0.1, 0.15) is 11.5 Å². The molecular formula is C15H12F2N2O. The Bertz CT molecular complexity index is 673. The highest BCUT2D eigenvalue weighted by atomic mass is 19.1. The molecule has 5 heteroatoms. The fourth-order valence-electron chi connectivity index (χ4n) is 2.33. The predicted molar refractivity (Wildman–Crippen MR) is 72.7 cm³/mol. The molecule has 102 valence electrons. The first kappa shape index (κ1) is 12.6. The molecule has 3 nitrogen and oxygen atoms in total. The van der Waals surface area contributed by atoms with Crippen molar-refractivity contribution in [1.29, 1.82) is 0 Å². The van der Waals surface area contributed by atoms with Gasteiger partial charge in [-0.1, -0.05) is 18.2 Å². The smallest absolute Gasteiger partial charge is 0.233 e. The van der Waals surface area contributed by atoms with E-state index in [0.717, 1.165) is 29.4 Å². The third kappa shape index (κ3) is 2.22. The summed E-state index contributed by atoms with van der Waals surface area (Å²) in [6.07, 6.45) is 0. The number of hydrogen-bond donors (Lipinski definition) is 2. The van der Waals surface area contributed by atoms with E-state index in [1.54, 1.807) is 0 Å². The van der Waals surface area contributed by atoms with Crippen LogP contribution in [0.25, 0.3) is 0 Å². The zero-order valence-corrected chi connectivity index (χ0v) is 10.5. The fourth-order valence-corrected chi connectivity index (χ4v) is 2.33. The van der Waals surface area contributed by atoms with Crippen molar-refractivity contribution >= 4 is 17.3 Å². The molecular weight excluding hydrogens is 262 g/mol. The summed E-state index contributed by atoms with van der Waals surface area (Å²) in [5, 5.41) is 5.55. The Labute approximate surface area is 114 Å². The van der Waals surface area contributed by atoms with Crippen molar-refractivity contribution in [2.45, 2.75) is 5.92 Å². The molecule has 1 amide bonds. The maximum absolute atomic E-state index is 13.5. The van der Waals surface area contributed by atoms with Crippen LogP contribution < -0.4 is 10.6 Å². The van der Waals surface area contributed by atoms with Crippen LogP contribution in [0.15, 0.2) is 42.5 Å². The van der Waals surface area contributed by atoms with Crippen molar-refractivity contribution in [3.63, 3.8) is 0 Å². The normalized spacial score (nSPS) is 16.4. The fraction of sp³-hybridized carbons (Fsp3) is 0.133. The summed E-state index contributed by atoms with van der Waals surface area (Å²) in [6.45, 7) is 0.447. The molecule has 0 aliphatic carbocycles. The molecule has 0 spiro atoms. The van der Waals surface area contributed by atoms with Crippen LogP contribution in [-0.2, 0) is 4.79 Å². The molecule has 2 aromatic rings. The van der Waals surface area contributed by atoms with Crippen molar-refractivity contribution in [3.8, 4) is 0 Å². The second-order valence-electron chi connectivity index (χ2n) is 4.63. The number of nitrogens with one attached hydrogen (secondary N) is 2. The van der Waals surface area contributed by atoms with E-state index < -0.39 is 17.6 Å². The number of fused-ring (bicyclic) bond motifs is 1. The number of halogens is 2. The molecule has 0 radical (unpaired) electrons. The molecule has 1 aliphatic rings. The van der Waals surface area contributed by atoms with E-state index in [1.165, 1.54) is 0 Å². The number of anilines is 2. The zero-order chi connectivity index (χ0) is 14.1. The number of carbonyl (C=O) groups excluding carboxylic acids is 1. The summed E-state index contributed by atoms with van der Waals surface area (Å²) in [5.74, 6) is -2.01. The molecule has 0 bridgehead atoms. The first-order valence-electron chi connectivity index (χ1n) is 6.24. The van der Waals surface area contributed by atoms with E-state index in [4.69, 9.17) is 0 Å². The lowest BCUT2D eigenvalue weighted by atomic mass is 10.0. The largest absolute Gasteiger partial charge is 0.384 e. The van der Waals surface area contributed by atoms with Gasteiger partial charge in [-0.2, -0.15) is 0 Å². The molecule has 0 saturated heterocycles. The summed E-state index contributed by atoms with van der Waals surface area (Å²) in [6, 6.07) is 10.4. The Morgan fingerprint density at radius 1 is 1.20 bits per heavy atom. The van der Waals surface area contributed by atoms with E-state index in [-0.39, 0.29) is 11.6 Å². The molecule has 1 unspecified atom stereocenters. The van der Waals surface area contributed by atoms with Gasteiger partial charge in [0.2, 0.25) is 5.91 Å². The lowest BCUT2D eigenvalue weighted by Gasteiger charge is -2.12. The second-order valence-corrected chi connectivity index (χ2v) is 4.63. The number of benzene rings is 2. The third-order valence-electron chi connectivity index (χ3n) is 3.34. The van der Waals surface area contributed by atoms with Gasteiger partial charge in [0, 0.05) is 18.3 Å². The SMILES string of the molecule is O=C(Nc1cc(F)ccc1F)C1CNc2ccccc21. The van der Waals surface area contributed by atoms with Crippen molar-refractivity contribution in [3.05, 3.63) is 59.7 Å². The van der Waals surface area contributed by atoms with Crippen LogP contribution in [0.4, 0.5) is 20.2 Å². The highest BCUT2D eigenvalue weighted by Crippen LogP contribution is 2.32. The first-order valence-corrected chi connectivity index (χ1v) is 6.24. The predicted octanol–water partition coefficient (Wildman–Crippen LogP) is 3.11. The Morgan fingerprint density at radius 3 is 2.85 bits per heavy atom. The Kier molecular flexibility index (Phi) is 3.10. The lowest BCUT2D eigenvalue weighted by Crippen LogP contribution is -2.23. The summed E-state index contributed by atoms with van der Waals surface area (Å²) in [7, 11) is 0. The van der Waals surface area contributed by atoms with Crippen LogP contribution in [-0.4, -0.2) is 12.5 Å². The van der Waals surface area contributed by atoms with Gasteiger partial charge in [0.1, 0.15) is 11.6 Å². The Hall–Kier alpha value is -2.43. The third-order valence-corrected chi connectivity index (χ3v) is 3.34. The van der Waals surface area contributed by atoms with Gasteiger partial charge in [-0.3, -0.25) is 4.79 Å². The average molecular weight is 274 g/mol. The number of para-hydroxylation sites is 1. The Morgan fingerprint density at radius 2 is 2.00 bits per heavy atom. The number of amides is 1. The van der Waals surface area contributed by atoms with E-state index in [1.807, 2.05) is 24.3 Å². The lowest BCUT2D eigenvalue weighted by molar-refractivity contribution is -0.117. The van der Waals surface area contributed by atoms with Gasteiger partial charge in [-0.05, 0) is 23.8 Å². The quantitative estimate of drug-likeness (QED) is 0.883. The van der Waals surface area contributed by atoms with Crippen molar-refractivity contribution < 1.29 is 13.6 Å². The molecule has 3 rings (SSSR count). The van der Waals surface area contributed by atoms with Crippen molar-refractivity contribution in [2.75, 3.05) is 17.2 Å². The van der Waals surface area contributed by atoms with Gasteiger partial charge in [-0.15, -0.1) is 0 Å². The molecule has 1 atom stereocenters. The number of hydrogen-bond acceptors (Lipinski definition) is 2. The van der Waals surface area contributed by atoms with Crippen molar-refractivity contribution in [2.24, 2.45) is 0 Å². The topological polar surface area (TPSA) is 41.1 Å². The van der Waals surface area contributed by atoms with Gasteiger partial charge >= 0.3 is 0 Å². The minimum Gasteiger partial charge on any atom is -0.384 e. The average Bonchev–Trinajstić information content (AvgIpc) is 2.87. The molecule has 0 fully saturated rings. The maximum Gasteiger partial charge on any atom is 0.233 e. The molecule has 1 heterocycles. The van der Waals surface area contributed by atoms with Gasteiger partial charge < -0.3 is 10.6 Å². The second kappa shape index (κ2) is 4.92. The van der Waals surface area contributed by atoms with Gasteiger partial charge in [0.05, 0.1) is 11.6 Å². The minimum absolute atomic E-state index is 0.139. The molecule has 1 aliphatic heterocycles. The summed E-state index contributed by atoms with van der Waals surface area (Å²) in [5.41, 5.74) is 1.62. The highest BCUT2D eigenvalue weighted by molar-refractivity contribution is 5.98. The van der Waals surface area contributed by atoms with E-state index in [0.29, 0.717) is 6.54 Å². The van der Waals surface area contributed by atoms with Gasteiger partial charge in [0.25, 0.3) is 0 Å². The van der Waals surface area contributed by atoms with Crippen LogP contribution in [0, 0.1) is 11.6 Å². The van der Waals surface area contributed by atoms with E-state index in [2.05, 4.69) is 10.6 Å². The summed E-state index contributed by atoms with van der Waals surface area (Å²) < 4.78 is 26.6. The van der Waals surface area contributed by atoms with Crippen molar-refractivity contribution in [1.82, 2.24) is 0 Å². The maximum atomic E-state index is 13.5. The molecule has 0 saturated carbocycles. The molecule has 2 aromatic carbocycles. The van der Waals surface area contributed by atoms with Crippen LogP contribution >= 0.6 is 0 Å². The standard InChI is InChI=1S/C15H12F2N2O/c16-9-5-6-12(17)14(7-9)19-15(20)11-8-18-13-4-2-1-3-10(11)13/h1-7,11,18H,8H2,(H,19,20).